The first kappa shape index (κ1) is 14.9. The molecule has 4 nitrogen and oxygen atoms in total. The van der Waals surface area contributed by atoms with E-state index in [-0.39, 0.29) is 11.9 Å². The fourth-order valence-corrected chi connectivity index (χ4v) is 3.05. The number of nitrogens with one attached hydrogen (secondary N) is 1. The number of nitrogen functional groups attached to an aromatic ring is 1. The number of benzene rings is 1. The van der Waals surface area contributed by atoms with Gasteiger partial charge in [-0.15, -0.1) is 0 Å². The van der Waals surface area contributed by atoms with Gasteiger partial charge < -0.3 is 11.1 Å². The van der Waals surface area contributed by atoms with Gasteiger partial charge in [0.15, 0.2) is 0 Å². The molecule has 1 amide bonds. The zero-order valence-corrected chi connectivity index (χ0v) is 12.4. The average molecular weight is 275 g/mol. The van der Waals surface area contributed by atoms with Crippen LogP contribution in [0.4, 0.5) is 11.4 Å². The summed E-state index contributed by atoms with van der Waals surface area (Å²) in [5.41, 5.74) is 7.16. The van der Waals surface area contributed by atoms with E-state index in [0.29, 0.717) is 11.7 Å². The van der Waals surface area contributed by atoms with E-state index in [4.69, 9.17) is 5.73 Å². The number of nitrogens with two attached hydrogens (primary N) is 1. The van der Waals surface area contributed by atoms with E-state index in [2.05, 4.69) is 17.1 Å². The van der Waals surface area contributed by atoms with Crippen molar-refractivity contribution in [3.63, 3.8) is 0 Å². The van der Waals surface area contributed by atoms with Gasteiger partial charge in [0.25, 0.3) is 0 Å². The van der Waals surface area contributed by atoms with Crippen molar-refractivity contribution in [1.29, 1.82) is 0 Å². The number of likely N-dealkylation sites (N-methyl/N-ethyl adjacent to an activating group) is 1. The summed E-state index contributed by atoms with van der Waals surface area (Å²) >= 11 is 0. The van der Waals surface area contributed by atoms with Crippen LogP contribution in [0.1, 0.15) is 39.5 Å². The van der Waals surface area contributed by atoms with Gasteiger partial charge in [0.05, 0.1) is 6.04 Å². The number of rotatable bonds is 5. The lowest BCUT2D eigenvalue weighted by molar-refractivity contribution is -0.121. The van der Waals surface area contributed by atoms with E-state index in [1.54, 1.807) is 12.1 Å². The van der Waals surface area contributed by atoms with Crippen molar-refractivity contribution in [1.82, 2.24) is 4.90 Å². The van der Waals surface area contributed by atoms with E-state index in [0.717, 1.165) is 12.2 Å². The molecule has 0 radical (unpaired) electrons. The maximum absolute atomic E-state index is 12.4. The summed E-state index contributed by atoms with van der Waals surface area (Å²) in [7, 11) is 0. The zero-order chi connectivity index (χ0) is 14.5. The maximum atomic E-state index is 12.4. The second kappa shape index (κ2) is 6.75. The Labute approximate surface area is 121 Å². The molecule has 1 aliphatic rings. The summed E-state index contributed by atoms with van der Waals surface area (Å²) in [6.07, 6.45) is 5.00. The third-order valence-electron chi connectivity index (χ3n) is 4.21. The van der Waals surface area contributed by atoms with Gasteiger partial charge in [0, 0.05) is 17.4 Å². The Morgan fingerprint density at radius 3 is 2.50 bits per heavy atom. The van der Waals surface area contributed by atoms with Crippen LogP contribution in [0.5, 0.6) is 0 Å². The monoisotopic (exact) mass is 275 g/mol. The molecule has 1 saturated carbocycles. The molecule has 0 heterocycles. The third-order valence-corrected chi connectivity index (χ3v) is 4.21. The van der Waals surface area contributed by atoms with Crippen LogP contribution in [0.15, 0.2) is 24.3 Å². The fourth-order valence-electron chi connectivity index (χ4n) is 3.05. The lowest BCUT2D eigenvalue weighted by Gasteiger charge is -2.32. The van der Waals surface area contributed by atoms with Gasteiger partial charge in [-0.25, -0.2) is 0 Å². The van der Waals surface area contributed by atoms with E-state index in [1.165, 1.54) is 25.7 Å². The minimum atomic E-state index is -0.0966. The van der Waals surface area contributed by atoms with Crippen LogP contribution in [0.2, 0.25) is 0 Å². The highest BCUT2D eigenvalue weighted by Gasteiger charge is 2.28. The highest BCUT2D eigenvalue weighted by atomic mass is 16.2. The number of carbonyl (C=O) groups is 1. The summed E-state index contributed by atoms with van der Waals surface area (Å²) in [5, 5.41) is 2.97. The molecule has 1 aromatic carbocycles. The third kappa shape index (κ3) is 3.51. The SMILES string of the molecule is CCN(C1CCCC1)C(C)C(=O)Nc1ccc(N)cc1. The van der Waals surface area contributed by atoms with Crippen LogP contribution in [0, 0.1) is 0 Å². The predicted octanol–water partition coefficient (Wildman–Crippen LogP) is 2.86. The molecule has 0 saturated heterocycles. The number of carbonyl (C=O) groups excluding carboxylic acids is 1. The maximum Gasteiger partial charge on any atom is 0.241 e. The van der Waals surface area contributed by atoms with Crippen LogP contribution in [-0.4, -0.2) is 29.4 Å². The molecule has 1 fully saturated rings. The Balaban J connectivity index is 1.97. The minimum absolute atomic E-state index is 0.0588. The lowest BCUT2D eigenvalue weighted by Crippen LogP contribution is -2.46. The van der Waals surface area contributed by atoms with Gasteiger partial charge in [-0.1, -0.05) is 19.8 Å². The van der Waals surface area contributed by atoms with Crippen molar-refractivity contribution in [2.45, 2.75) is 51.6 Å². The van der Waals surface area contributed by atoms with Crippen molar-refractivity contribution in [3.05, 3.63) is 24.3 Å². The molecule has 3 N–H and O–H groups in total. The Hall–Kier alpha value is -1.55. The second-order valence-corrected chi connectivity index (χ2v) is 5.56. The number of amides is 1. The molecular weight excluding hydrogens is 250 g/mol. The molecule has 1 atom stereocenters. The van der Waals surface area contributed by atoms with Crippen molar-refractivity contribution >= 4 is 17.3 Å². The van der Waals surface area contributed by atoms with Crippen molar-refractivity contribution in [2.24, 2.45) is 0 Å². The second-order valence-electron chi connectivity index (χ2n) is 5.56. The Morgan fingerprint density at radius 2 is 1.95 bits per heavy atom. The molecule has 2 rings (SSSR count). The molecule has 1 aromatic rings. The molecule has 4 heteroatoms. The molecule has 0 aliphatic heterocycles. The van der Waals surface area contributed by atoms with Crippen LogP contribution in [0.3, 0.4) is 0 Å². The Morgan fingerprint density at radius 1 is 1.35 bits per heavy atom. The lowest BCUT2D eigenvalue weighted by atomic mass is 10.1. The largest absolute Gasteiger partial charge is 0.399 e. The number of anilines is 2. The number of nitrogens with zero attached hydrogens (tertiary/aromatic N) is 1. The number of hydrogen-bond acceptors (Lipinski definition) is 3. The fraction of sp³-hybridized carbons (Fsp3) is 0.562. The van der Waals surface area contributed by atoms with Crippen LogP contribution < -0.4 is 11.1 Å². The van der Waals surface area contributed by atoms with Crippen LogP contribution in [-0.2, 0) is 4.79 Å². The van der Waals surface area contributed by atoms with E-state index < -0.39 is 0 Å². The summed E-state index contributed by atoms with van der Waals surface area (Å²) in [5.74, 6) is 0.0588. The molecule has 0 spiro atoms. The smallest absolute Gasteiger partial charge is 0.241 e. The van der Waals surface area contributed by atoms with Crippen molar-refractivity contribution < 1.29 is 4.79 Å². The van der Waals surface area contributed by atoms with Crippen molar-refractivity contribution in [3.8, 4) is 0 Å². The molecule has 110 valence electrons. The highest BCUT2D eigenvalue weighted by molar-refractivity contribution is 5.94. The Bertz CT molecular complexity index is 438. The first-order chi connectivity index (χ1) is 9.61. The Kier molecular flexibility index (Phi) is 5.01. The van der Waals surface area contributed by atoms with Crippen molar-refractivity contribution in [2.75, 3.05) is 17.6 Å². The summed E-state index contributed by atoms with van der Waals surface area (Å²) in [4.78, 5) is 14.7. The van der Waals surface area contributed by atoms with Crippen LogP contribution >= 0.6 is 0 Å². The highest BCUT2D eigenvalue weighted by Crippen LogP contribution is 2.25. The van der Waals surface area contributed by atoms with Gasteiger partial charge in [0.2, 0.25) is 5.91 Å². The molecule has 1 unspecified atom stereocenters. The number of hydrogen-bond donors (Lipinski definition) is 2. The molecule has 1 aliphatic carbocycles. The summed E-state index contributed by atoms with van der Waals surface area (Å²) < 4.78 is 0. The van der Waals surface area contributed by atoms with Crippen LogP contribution in [0.25, 0.3) is 0 Å². The minimum Gasteiger partial charge on any atom is -0.399 e. The summed E-state index contributed by atoms with van der Waals surface area (Å²) in [6.45, 7) is 5.04. The quantitative estimate of drug-likeness (QED) is 0.812. The van der Waals surface area contributed by atoms with E-state index in [9.17, 15) is 4.79 Å². The van der Waals surface area contributed by atoms with Gasteiger partial charge >= 0.3 is 0 Å². The van der Waals surface area contributed by atoms with Gasteiger partial charge in [-0.2, -0.15) is 0 Å². The molecule has 0 bridgehead atoms. The first-order valence-electron chi connectivity index (χ1n) is 7.54. The van der Waals surface area contributed by atoms with Gasteiger partial charge in [-0.05, 0) is 50.6 Å². The summed E-state index contributed by atoms with van der Waals surface area (Å²) in [6, 6.07) is 7.74. The molecule has 20 heavy (non-hydrogen) atoms. The normalized spacial score (nSPS) is 17.4. The molecular formula is C16H25N3O. The molecule has 0 aromatic heterocycles. The topological polar surface area (TPSA) is 58.4 Å². The predicted molar refractivity (Wildman–Crippen MR) is 83.6 cm³/mol. The zero-order valence-electron chi connectivity index (χ0n) is 12.4. The standard InChI is InChI=1S/C16H25N3O/c1-3-19(15-6-4-5-7-15)12(2)16(20)18-14-10-8-13(17)9-11-14/h8-12,15H,3-7,17H2,1-2H3,(H,18,20). The van der Waals surface area contributed by atoms with E-state index in [1.807, 2.05) is 19.1 Å². The van der Waals surface area contributed by atoms with Gasteiger partial charge in [0.1, 0.15) is 0 Å². The van der Waals surface area contributed by atoms with E-state index >= 15 is 0 Å². The van der Waals surface area contributed by atoms with Gasteiger partial charge in [-0.3, -0.25) is 9.69 Å². The first-order valence-corrected chi connectivity index (χ1v) is 7.54. The average Bonchev–Trinajstić information content (AvgIpc) is 2.96.